The highest BCUT2D eigenvalue weighted by atomic mass is 35.5. The summed E-state index contributed by atoms with van der Waals surface area (Å²) in [5.41, 5.74) is 1.60. The number of quaternary nitrogens is 1. The summed E-state index contributed by atoms with van der Waals surface area (Å²) in [5.74, 6) is 0. The van der Waals surface area contributed by atoms with Crippen LogP contribution in [0.5, 0.6) is 0 Å². The van der Waals surface area contributed by atoms with Gasteiger partial charge in [0.1, 0.15) is 0 Å². The van der Waals surface area contributed by atoms with E-state index >= 15 is 0 Å². The predicted molar refractivity (Wildman–Crippen MR) is 103 cm³/mol. The highest BCUT2D eigenvalue weighted by Gasteiger charge is 2.22. The van der Waals surface area contributed by atoms with E-state index in [0.29, 0.717) is 22.3 Å². The Morgan fingerprint density at radius 3 is 2.64 bits per heavy atom. The molecule has 2 aromatic rings. The number of halogens is 2. The van der Waals surface area contributed by atoms with Crippen LogP contribution in [0.1, 0.15) is 18.5 Å². The zero-order chi connectivity index (χ0) is 18.4. The second kappa shape index (κ2) is 9.04. The van der Waals surface area contributed by atoms with Gasteiger partial charge in [0, 0.05) is 18.1 Å². The Labute approximate surface area is 158 Å². The van der Waals surface area contributed by atoms with Crippen molar-refractivity contribution >= 4 is 34.9 Å². The summed E-state index contributed by atoms with van der Waals surface area (Å²) in [6.45, 7) is 3.45. The number of amides is 2. The van der Waals surface area contributed by atoms with Crippen LogP contribution in [0.3, 0.4) is 0 Å². The van der Waals surface area contributed by atoms with E-state index in [1.165, 1.54) is 4.90 Å². The molecule has 134 valence electrons. The van der Waals surface area contributed by atoms with Crippen LogP contribution in [-0.2, 0) is 0 Å². The molecular weight excluding hydrogens is 359 g/mol. The number of likely N-dealkylation sites (N-methyl/N-ethyl adjacent to an activating group) is 1. The molecule has 0 fully saturated rings. The first kappa shape index (κ1) is 19.5. The van der Waals surface area contributed by atoms with Gasteiger partial charge in [-0.3, -0.25) is 4.98 Å². The lowest BCUT2D eigenvalue weighted by atomic mass is 10.1. The molecule has 1 unspecified atom stereocenters. The summed E-state index contributed by atoms with van der Waals surface area (Å²) in [6.07, 6.45) is 3.51. The van der Waals surface area contributed by atoms with Crippen LogP contribution in [0.2, 0.25) is 10.0 Å². The van der Waals surface area contributed by atoms with Gasteiger partial charge < -0.3 is 15.1 Å². The van der Waals surface area contributed by atoms with E-state index in [1.807, 2.05) is 19.1 Å². The SMILES string of the molecule is CC(c1cccnc1)N(CC[NH+](C)C)C(=O)Nc1ccc(Cl)c(Cl)c1. The van der Waals surface area contributed by atoms with Crippen molar-refractivity contribution in [2.45, 2.75) is 13.0 Å². The van der Waals surface area contributed by atoms with E-state index in [-0.39, 0.29) is 12.1 Å². The van der Waals surface area contributed by atoms with Crippen molar-refractivity contribution in [2.24, 2.45) is 0 Å². The Kier molecular flexibility index (Phi) is 7.05. The molecule has 0 bridgehead atoms. The number of hydrogen-bond acceptors (Lipinski definition) is 2. The highest BCUT2D eigenvalue weighted by Crippen LogP contribution is 2.26. The number of aromatic nitrogens is 1. The number of hydrogen-bond donors (Lipinski definition) is 2. The van der Waals surface area contributed by atoms with Gasteiger partial charge >= 0.3 is 6.03 Å². The third kappa shape index (κ3) is 5.59. The summed E-state index contributed by atoms with van der Waals surface area (Å²) in [6, 6.07) is 8.60. The molecule has 1 atom stereocenters. The van der Waals surface area contributed by atoms with Crippen LogP contribution in [0.15, 0.2) is 42.7 Å². The number of nitrogens with zero attached hydrogens (tertiary/aromatic N) is 2. The van der Waals surface area contributed by atoms with Crippen molar-refractivity contribution in [3.63, 3.8) is 0 Å². The molecule has 0 saturated carbocycles. The van der Waals surface area contributed by atoms with E-state index in [0.717, 1.165) is 12.1 Å². The summed E-state index contributed by atoms with van der Waals surface area (Å²) in [5, 5.41) is 3.76. The minimum Gasteiger partial charge on any atom is -0.338 e. The summed E-state index contributed by atoms with van der Waals surface area (Å²) < 4.78 is 0. The van der Waals surface area contributed by atoms with Crippen LogP contribution in [0.4, 0.5) is 10.5 Å². The number of benzene rings is 1. The third-order valence-electron chi connectivity index (χ3n) is 3.92. The molecule has 1 aromatic carbocycles. The molecule has 2 rings (SSSR count). The van der Waals surface area contributed by atoms with Crippen LogP contribution in [0, 0.1) is 0 Å². The van der Waals surface area contributed by atoms with Crippen molar-refractivity contribution < 1.29 is 9.69 Å². The first-order chi connectivity index (χ1) is 11.9. The highest BCUT2D eigenvalue weighted by molar-refractivity contribution is 6.42. The predicted octanol–water partition coefficient (Wildman–Crippen LogP) is 3.13. The number of anilines is 1. The molecule has 2 amide bonds. The number of urea groups is 1. The number of carbonyl (C=O) groups excluding carboxylic acids is 1. The second-order valence-electron chi connectivity index (χ2n) is 6.17. The fraction of sp³-hybridized carbons (Fsp3) is 0.333. The van der Waals surface area contributed by atoms with Gasteiger partial charge in [0.25, 0.3) is 0 Å². The van der Waals surface area contributed by atoms with E-state index in [4.69, 9.17) is 23.2 Å². The van der Waals surface area contributed by atoms with Crippen molar-refractivity contribution in [3.05, 3.63) is 58.3 Å². The molecular formula is C18H23Cl2N4O+. The fourth-order valence-electron chi connectivity index (χ4n) is 2.39. The van der Waals surface area contributed by atoms with Crippen molar-refractivity contribution in [3.8, 4) is 0 Å². The van der Waals surface area contributed by atoms with Gasteiger partial charge in [-0.05, 0) is 36.8 Å². The molecule has 0 spiro atoms. The lowest BCUT2D eigenvalue weighted by Gasteiger charge is -2.29. The summed E-state index contributed by atoms with van der Waals surface area (Å²) >= 11 is 12.0. The van der Waals surface area contributed by atoms with Gasteiger partial charge in [-0.25, -0.2) is 4.79 Å². The number of rotatable bonds is 6. The molecule has 5 nitrogen and oxygen atoms in total. The number of pyridine rings is 1. The monoisotopic (exact) mass is 381 g/mol. The molecule has 25 heavy (non-hydrogen) atoms. The normalized spacial score (nSPS) is 12.1. The topological polar surface area (TPSA) is 49.7 Å². The maximum atomic E-state index is 12.8. The smallest absolute Gasteiger partial charge is 0.322 e. The standard InChI is InChI=1S/C18H22Cl2N4O/c1-13(14-5-4-8-21-12-14)24(10-9-23(2)3)18(25)22-15-6-7-16(19)17(20)11-15/h4-8,11-13H,9-10H2,1-3H3,(H,22,25)/p+1. The largest absolute Gasteiger partial charge is 0.338 e. The van der Waals surface area contributed by atoms with Crippen LogP contribution < -0.4 is 10.2 Å². The maximum absolute atomic E-state index is 12.8. The average molecular weight is 382 g/mol. The van der Waals surface area contributed by atoms with Crippen molar-refractivity contribution in [2.75, 3.05) is 32.5 Å². The fourth-order valence-corrected chi connectivity index (χ4v) is 2.69. The molecule has 0 radical (unpaired) electrons. The van der Waals surface area contributed by atoms with E-state index in [9.17, 15) is 4.79 Å². The van der Waals surface area contributed by atoms with Gasteiger partial charge in [0.2, 0.25) is 0 Å². The molecule has 0 aliphatic rings. The van der Waals surface area contributed by atoms with Crippen molar-refractivity contribution in [1.82, 2.24) is 9.88 Å². The Morgan fingerprint density at radius 2 is 2.04 bits per heavy atom. The maximum Gasteiger partial charge on any atom is 0.322 e. The van der Waals surface area contributed by atoms with E-state index < -0.39 is 0 Å². The third-order valence-corrected chi connectivity index (χ3v) is 4.66. The minimum absolute atomic E-state index is 0.101. The lowest BCUT2D eigenvalue weighted by Crippen LogP contribution is -3.06. The summed E-state index contributed by atoms with van der Waals surface area (Å²) in [4.78, 5) is 20.1. The first-order valence-electron chi connectivity index (χ1n) is 8.10. The number of carbonyl (C=O) groups is 1. The lowest BCUT2D eigenvalue weighted by molar-refractivity contribution is -0.857. The van der Waals surface area contributed by atoms with Crippen molar-refractivity contribution in [1.29, 1.82) is 0 Å². The molecule has 0 saturated heterocycles. The first-order valence-corrected chi connectivity index (χ1v) is 8.85. The molecule has 0 aliphatic heterocycles. The van der Waals surface area contributed by atoms with Crippen LogP contribution >= 0.6 is 23.2 Å². The average Bonchev–Trinajstić information content (AvgIpc) is 2.58. The van der Waals surface area contributed by atoms with Gasteiger partial charge in [0.15, 0.2) is 0 Å². The Hall–Kier alpha value is -1.82. The van der Waals surface area contributed by atoms with Crippen LogP contribution in [-0.4, -0.2) is 43.1 Å². The zero-order valence-corrected chi connectivity index (χ0v) is 16.1. The minimum atomic E-state index is -0.184. The number of nitrogens with one attached hydrogen (secondary N) is 2. The summed E-state index contributed by atoms with van der Waals surface area (Å²) in [7, 11) is 4.12. The van der Waals surface area contributed by atoms with Gasteiger partial charge in [-0.15, -0.1) is 0 Å². The zero-order valence-electron chi connectivity index (χ0n) is 14.6. The molecule has 7 heteroatoms. The van der Waals surface area contributed by atoms with Crippen LogP contribution in [0.25, 0.3) is 0 Å². The van der Waals surface area contributed by atoms with Gasteiger partial charge in [-0.2, -0.15) is 0 Å². The Bertz CT molecular complexity index is 709. The quantitative estimate of drug-likeness (QED) is 0.807. The second-order valence-corrected chi connectivity index (χ2v) is 6.99. The van der Waals surface area contributed by atoms with Gasteiger partial charge in [-0.1, -0.05) is 29.3 Å². The van der Waals surface area contributed by atoms with E-state index in [1.54, 1.807) is 35.5 Å². The Balaban J connectivity index is 2.18. The molecule has 1 aromatic heterocycles. The molecule has 0 aliphatic carbocycles. The Morgan fingerprint density at radius 1 is 1.28 bits per heavy atom. The molecule has 2 N–H and O–H groups in total. The van der Waals surface area contributed by atoms with E-state index in [2.05, 4.69) is 24.4 Å². The molecule has 1 heterocycles. The van der Waals surface area contributed by atoms with Gasteiger partial charge in [0.05, 0.1) is 43.3 Å².